The molecule has 1 aromatic rings. The number of aromatic nitrogens is 2. The first kappa shape index (κ1) is 14.9. The van der Waals surface area contributed by atoms with Crippen LogP contribution in [0.2, 0.25) is 0 Å². The largest absolute Gasteiger partial charge is 0.310 e. The van der Waals surface area contributed by atoms with Crippen LogP contribution in [0.3, 0.4) is 0 Å². The number of rotatable bonds is 7. The van der Waals surface area contributed by atoms with Crippen LogP contribution >= 0.6 is 15.9 Å². The van der Waals surface area contributed by atoms with E-state index < -0.39 is 10.8 Å². The van der Waals surface area contributed by atoms with Gasteiger partial charge >= 0.3 is 0 Å². The van der Waals surface area contributed by atoms with E-state index in [0.717, 1.165) is 41.2 Å². The SMILES string of the molecule is CCn1nc(C)c(Br)c1CNCCS(=O)CC. The van der Waals surface area contributed by atoms with Gasteiger partial charge in [-0.05, 0) is 29.8 Å². The van der Waals surface area contributed by atoms with Gasteiger partial charge in [0.2, 0.25) is 0 Å². The van der Waals surface area contributed by atoms with Crippen molar-refractivity contribution in [3.8, 4) is 0 Å². The maximum absolute atomic E-state index is 11.3. The first-order valence-electron chi connectivity index (χ1n) is 5.87. The van der Waals surface area contributed by atoms with E-state index >= 15 is 0 Å². The summed E-state index contributed by atoms with van der Waals surface area (Å²) in [6.45, 7) is 8.42. The Balaban J connectivity index is 2.48. The number of hydrogen-bond acceptors (Lipinski definition) is 3. The molecule has 0 saturated heterocycles. The van der Waals surface area contributed by atoms with E-state index in [0.29, 0.717) is 5.75 Å². The minimum Gasteiger partial charge on any atom is -0.310 e. The molecule has 98 valence electrons. The van der Waals surface area contributed by atoms with Gasteiger partial charge in [0.1, 0.15) is 0 Å². The Hall–Kier alpha value is -0.200. The Morgan fingerprint density at radius 3 is 2.76 bits per heavy atom. The Morgan fingerprint density at radius 2 is 2.18 bits per heavy atom. The lowest BCUT2D eigenvalue weighted by Crippen LogP contribution is -2.22. The molecule has 17 heavy (non-hydrogen) atoms. The van der Waals surface area contributed by atoms with Crippen LogP contribution in [0.25, 0.3) is 0 Å². The van der Waals surface area contributed by atoms with Gasteiger partial charge in [-0.15, -0.1) is 0 Å². The fourth-order valence-electron chi connectivity index (χ4n) is 1.58. The van der Waals surface area contributed by atoms with Crippen molar-refractivity contribution >= 4 is 26.7 Å². The van der Waals surface area contributed by atoms with Crippen molar-refractivity contribution in [1.29, 1.82) is 0 Å². The van der Waals surface area contributed by atoms with Gasteiger partial charge < -0.3 is 5.32 Å². The molecule has 1 atom stereocenters. The topological polar surface area (TPSA) is 46.9 Å². The first-order chi connectivity index (χ1) is 8.10. The van der Waals surface area contributed by atoms with Gasteiger partial charge in [-0.1, -0.05) is 6.92 Å². The van der Waals surface area contributed by atoms with Gasteiger partial charge in [0.05, 0.1) is 15.9 Å². The Labute approximate surface area is 114 Å². The van der Waals surface area contributed by atoms with Crippen LogP contribution in [0, 0.1) is 6.92 Å². The lowest BCUT2D eigenvalue weighted by molar-refractivity contribution is 0.586. The van der Waals surface area contributed by atoms with Crippen LogP contribution in [0.15, 0.2) is 4.47 Å². The second-order valence-electron chi connectivity index (χ2n) is 3.77. The zero-order chi connectivity index (χ0) is 12.8. The van der Waals surface area contributed by atoms with E-state index in [1.54, 1.807) is 0 Å². The normalized spacial score (nSPS) is 12.9. The average molecular weight is 322 g/mol. The third kappa shape index (κ3) is 4.19. The number of nitrogens with one attached hydrogen (secondary N) is 1. The molecule has 0 spiro atoms. The van der Waals surface area contributed by atoms with Crippen molar-refractivity contribution in [3.63, 3.8) is 0 Å². The molecular weight excluding hydrogens is 302 g/mol. The van der Waals surface area contributed by atoms with Crippen LogP contribution in [-0.4, -0.2) is 32.0 Å². The molecule has 0 radical (unpaired) electrons. The van der Waals surface area contributed by atoms with Crippen molar-refractivity contribution in [3.05, 3.63) is 15.9 Å². The second kappa shape index (κ2) is 7.28. The summed E-state index contributed by atoms with van der Waals surface area (Å²) in [5, 5.41) is 7.74. The molecule has 0 saturated carbocycles. The lowest BCUT2D eigenvalue weighted by Gasteiger charge is -2.07. The van der Waals surface area contributed by atoms with Gasteiger partial charge in [0.25, 0.3) is 0 Å². The van der Waals surface area contributed by atoms with E-state index in [-0.39, 0.29) is 0 Å². The third-order valence-electron chi connectivity index (χ3n) is 2.57. The molecule has 0 bridgehead atoms. The van der Waals surface area contributed by atoms with E-state index in [4.69, 9.17) is 0 Å². The molecular formula is C11H20BrN3OS. The number of nitrogens with zero attached hydrogens (tertiary/aromatic N) is 2. The quantitative estimate of drug-likeness (QED) is 0.779. The zero-order valence-electron chi connectivity index (χ0n) is 10.6. The molecule has 0 aliphatic heterocycles. The standard InChI is InChI=1S/C11H20BrN3OS/c1-4-15-10(11(12)9(3)14-15)8-13-6-7-17(16)5-2/h13H,4-8H2,1-3H3. The molecule has 1 aromatic heterocycles. The highest BCUT2D eigenvalue weighted by Gasteiger charge is 2.11. The van der Waals surface area contributed by atoms with Crippen LogP contribution in [0.4, 0.5) is 0 Å². The molecule has 1 rings (SSSR count). The number of aryl methyl sites for hydroxylation is 2. The minimum atomic E-state index is -0.689. The molecule has 1 heterocycles. The summed E-state index contributed by atoms with van der Waals surface area (Å²) in [7, 11) is -0.689. The molecule has 0 amide bonds. The van der Waals surface area contributed by atoms with Gasteiger partial charge in [0, 0.05) is 41.9 Å². The van der Waals surface area contributed by atoms with Crippen molar-refractivity contribution < 1.29 is 4.21 Å². The van der Waals surface area contributed by atoms with Gasteiger partial charge in [-0.2, -0.15) is 5.10 Å². The van der Waals surface area contributed by atoms with Crippen molar-refractivity contribution in [2.24, 2.45) is 0 Å². The summed E-state index contributed by atoms with van der Waals surface area (Å²) in [6, 6.07) is 0. The predicted octanol–water partition coefficient (Wildman–Crippen LogP) is 1.83. The highest BCUT2D eigenvalue weighted by atomic mass is 79.9. The van der Waals surface area contributed by atoms with Crippen LogP contribution < -0.4 is 5.32 Å². The molecule has 0 aromatic carbocycles. The first-order valence-corrected chi connectivity index (χ1v) is 8.15. The molecule has 1 N–H and O–H groups in total. The molecule has 0 fully saturated rings. The van der Waals surface area contributed by atoms with Crippen molar-refractivity contribution in [1.82, 2.24) is 15.1 Å². The highest BCUT2D eigenvalue weighted by molar-refractivity contribution is 9.10. The molecule has 4 nitrogen and oxygen atoms in total. The summed E-state index contributed by atoms with van der Waals surface area (Å²) >= 11 is 3.55. The fraction of sp³-hybridized carbons (Fsp3) is 0.727. The van der Waals surface area contributed by atoms with Gasteiger partial charge in [0.15, 0.2) is 0 Å². The van der Waals surface area contributed by atoms with Gasteiger partial charge in [-0.25, -0.2) is 0 Å². The molecule has 0 aliphatic rings. The van der Waals surface area contributed by atoms with E-state index in [1.165, 1.54) is 0 Å². The molecule has 0 aliphatic carbocycles. The van der Waals surface area contributed by atoms with E-state index in [2.05, 4.69) is 33.3 Å². The fourth-order valence-corrected chi connectivity index (χ4v) is 2.66. The van der Waals surface area contributed by atoms with E-state index in [1.807, 2.05) is 18.5 Å². The lowest BCUT2D eigenvalue weighted by atomic mass is 10.3. The summed E-state index contributed by atoms with van der Waals surface area (Å²) in [4.78, 5) is 0. The van der Waals surface area contributed by atoms with Crippen LogP contribution in [0.5, 0.6) is 0 Å². The van der Waals surface area contributed by atoms with Crippen LogP contribution in [-0.2, 0) is 23.9 Å². The molecule has 1 unspecified atom stereocenters. The monoisotopic (exact) mass is 321 g/mol. The highest BCUT2D eigenvalue weighted by Crippen LogP contribution is 2.20. The minimum absolute atomic E-state index is 0.689. The summed E-state index contributed by atoms with van der Waals surface area (Å²) in [5.41, 5.74) is 2.17. The van der Waals surface area contributed by atoms with Crippen LogP contribution in [0.1, 0.15) is 25.2 Å². The third-order valence-corrected chi connectivity index (χ3v) is 4.91. The maximum Gasteiger partial charge on any atom is 0.0739 e. The summed E-state index contributed by atoms with van der Waals surface area (Å²) in [6.07, 6.45) is 0. The van der Waals surface area contributed by atoms with Crippen molar-refractivity contribution in [2.45, 2.75) is 33.9 Å². The second-order valence-corrected chi connectivity index (χ2v) is 6.43. The summed E-state index contributed by atoms with van der Waals surface area (Å²) in [5.74, 6) is 1.45. The summed E-state index contributed by atoms with van der Waals surface area (Å²) < 4.78 is 14.3. The molecule has 6 heteroatoms. The Kier molecular flexibility index (Phi) is 6.37. The smallest absolute Gasteiger partial charge is 0.0739 e. The number of halogens is 1. The zero-order valence-corrected chi connectivity index (χ0v) is 13.0. The number of hydrogen-bond donors (Lipinski definition) is 1. The Morgan fingerprint density at radius 1 is 1.47 bits per heavy atom. The predicted molar refractivity (Wildman–Crippen MR) is 75.6 cm³/mol. The van der Waals surface area contributed by atoms with E-state index in [9.17, 15) is 4.21 Å². The Bertz CT molecular complexity index is 392. The van der Waals surface area contributed by atoms with Crippen molar-refractivity contribution in [2.75, 3.05) is 18.1 Å². The average Bonchev–Trinajstić information content (AvgIpc) is 2.61. The van der Waals surface area contributed by atoms with Gasteiger partial charge in [-0.3, -0.25) is 8.89 Å². The maximum atomic E-state index is 11.3.